The fourth-order valence-electron chi connectivity index (χ4n) is 3.25. The highest BCUT2D eigenvalue weighted by atomic mass is 16.4. The van der Waals surface area contributed by atoms with Crippen LogP contribution in [0.3, 0.4) is 0 Å². The molecule has 0 aromatic carbocycles. The molecule has 6 heteroatoms. The lowest BCUT2D eigenvalue weighted by Crippen LogP contribution is -2.44. The van der Waals surface area contributed by atoms with Crippen molar-refractivity contribution >= 4 is 11.9 Å². The van der Waals surface area contributed by atoms with E-state index in [4.69, 9.17) is 0 Å². The SMILES string of the molecule is O=C(NC1CCCCCCC1C(=O)O)c1cc(C2CC2)[nH]n1. The monoisotopic (exact) mass is 305 g/mol. The Morgan fingerprint density at radius 2 is 1.86 bits per heavy atom. The highest BCUT2D eigenvalue weighted by Gasteiger charge is 2.31. The van der Waals surface area contributed by atoms with Crippen LogP contribution in [0.1, 0.15) is 73.5 Å². The molecule has 120 valence electrons. The van der Waals surface area contributed by atoms with Gasteiger partial charge >= 0.3 is 5.97 Å². The van der Waals surface area contributed by atoms with E-state index in [0.717, 1.165) is 50.6 Å². The number of carbonyl (C=O) groups excluding carboxylic acids is 1. The molecule has 6 nitrogen and oxygen atoms in total. The number of hydrogen-bond donors (Lipinski definition) is 3. The number of carbonyl (C=O) groups is 2. The van der Waals surface area contributed by atoms with Crippen LogP contribution in [-0.4, -0.2) is 33.2 Å². The minimum atomic E-state index is -0.812. The number of aromatic nitrogens is 2. The molecule has 1 aromatic rings. The molecule has 0 spiro atoms. The smallest absolute Gasteiger partial charge is 0.308 e. The van der Waals surface area contributed by atoms with Crippen LogP contribution in [0.2, 0.25) is 0 Å². The molecule has 0 saturated heterocycles. The summed E-state index contributed by atoms with van der Waals surface area (Å²) in [4.78, 5) is 23.8. The number of amides is 1. The Morgan fingerprint density at radius 1 is 1.14 bits per heavy atom. The summed E-state index contributed by atoms with van der Waals surface area (Å²) in [5.41, 5.74) is 1.38. The molecule has 1 aromatic heterocycles. The Kier molecular flexibility index (Phi) is 4.45. The zero-order valence-electron chi connectivity index (χ0n) is 12.7. The molecule has 2 atom stereocenters. The Labute approximate surface area is 129 Å². The van der Waals surface area contributed by atoms with E-state index in [1.165, 1.54) is 0 Å². The van der Waals surface area contributed by atoms with E-state index in [1.807, 2.05) is 0 Å². The first-order chi connectivity index (χ1) is 10.6. The highest BCUT2D eigenvalue weighted by Crippen LogP contribution is 2.39. The van der Waals surface area contributed by atoms with Gasteiger partial charge < -0.3 is 10.4 Å². The van der Waals surface area contributed by atoms with Gasteiger partial charge in [-0.1, -0.05) is 25.7 Å². The zero-order valence-corrected chi connectivity index (χ0v) is 12.7. The third-order valence-corrected chi connectivity index (χ3v) is 4.75. The van der Waals surface area contributed by atoms with Gasteiger partial charge in [0, 0.05) is 17.7 Å². The molecule has 3 N–H and O–H groups in total. The number of nitrogens with zero attached hydrogens (tertiary/aromatic N) is 1. The van der Waals surface area contributed by atoms with E-state index in [-0.39, 0.29) is 11.9 Å². The molecular formula is C16H23N3O3. The summed E-state index contributed by atoms with van der Waals surface area (Å²) in [6.07, 6.45) is 7.71. The fraction of sp³-hybridized carbons (Fsp3) is 0.688. The predicted molar refractivity (Wildman–Crippen MR) is 80.6 cm³/mol. The van der Waals surface area contributed by atoms with Gasteiger partial charge in [-0.05, 0) is 31.7 Å². The lowest BCUT2D eigenvalue weighted by molar-refractivity contribution is -0.143. The minimum absolute atomic E-state index is 0.264. The van der Waals surface area contributed by atoms with Crippen LogP contribution in [-0.2, 0) is 4.79 Å². The number of H-pyrrole nitrogens is 1. The predicted octanol–water partition coefficient (Wildman–Crippen LogP) is 2.44. The lowest BCUT2D eigenvalue weighted by Gasteiger charge is -2.26. The van der Waals surface area contributed by atoms with E-state index in [9.17, 15) is 14.7 Å². The number of carboxylic acid groups (broad SMARTS) is 1. The third-order valence-electron chi connectivity index (χ3n) is 4.75. The Morgan fingerprint density at radius 3 is 2.55 bits per heavy atom. The molecule has 22 heavy (non-hydrogen) atoms. The fourth-order valence-corrected chi connectivity index (χ4v) is 3.25. The van der Waals surface area contributed by atoms with Gasteiger partial charge in [-0.3, -0.25) is 14.7 Å². The largest absolute Gasteiger partial charge is 0.481 e. The van der Waals surface area contributed by atoms with Crippen LogP contribution >= 0.6 is 0 Å². The molecule has 2 unspecified atom stereocenters. The summed E-state index contributed by atoms with van der Waals surface area (Å²) in [5.74, 6) is -1.05. The maximum atomic E-state index is 12.3. The summed E-state index contributed by atoms with van der Waals surface area (Å²) in [7, 11) is 0. The summed E-state index contributed by atoms with van der Waals surface area (Å²) < 4.78 is 0. The molecule has 2 aliphatic rings. The summed E-state index contributed by atoms with van der Waals surface area (Å²) in [5, 5.41) is 19.3. The van der Waals surface area contributed by atoms with Crippen LogP contribution < -0.4 is 5.32 Å². The second-order valence-corrected chi connectivity index (χ2v) is 6.50. The average Bonchev–Trinajstić information content (AvgIpc) is 3.19. The van der Waals surface area contributed by atoms with Crippen molar-refractivity contribution in [2.24, 2.45) is 5.92 Å². The Balaban J connectivity index is 1.66. The second-order valence-electron chi connectivity index (χ2n) is 6.50. The maximum Gasteiger partial charge on any atom is 0.308 e. The summed E-state index contributed by atoms with van der Waals surface area (Å²) in [6.45, 7) is 0. The van der Waals surface area contributed by atoms with Crippen molar-refractivity contribution < 1.29 is 14.7 Å². The topological polar surface area (TPSA) is 95.1 Å². The van der Waals surface area contributed by atoms with Gasteiger partial charge in [-0.15, -0.1) is 0 Å². The molecule has 0 radical (unpaired) electrons. The number of nitrogens with one attached hydrogen (secondary N) is 2. The molecular weight excluding hydrogens is 282 g/mol. The molecule has 1 amide bonds. The number of hydrogen-bond acceptors (Lipinski definition) is 3. The van der Waals surface area contributed by atoms with Crippen molar-refractivity contribution in [1.29, 1.82) is 0 Å². The van der Waals surface area contributed by atoms with Crippen LogP contribution in [0.4, 0.5) is 0 Å². The first-order valence-electron chi connectivity index (χ1n) is 8.24. The van der Waals surface area contributed by atoms with Crippen LogP contribution in [0.15, 0.2) is 6.07 Å². The van der Waals surface area contributed by atoms with Crippen molar-refractivity contribution in [3.05, 3.63) is 17.5 Å². The van der Waals surface area contributed by atoms with Crippen molar-refractivity contribution in [2.75, 3.05) is 0 Å². The molecule has 0 aliphatic heterocycles. The maximum absolute atomic E-state index is 12.3. The van der Waals surface area contributed by atoms with Crippen molar-refractivity contribution in [2.45, 2.75) is 63.3 Å². The van der Waals surface area contributed by atoms with Crippen LogP contribution in [0.5, 0.6) is 0 Å². The van der Waals surface area contributed by atoms with Crippen molar-refractivity contribution in [1.82, 2.24) is 15.5 Å². The molecule has 3 rings (SSSR count). The normalized spacial score (nSPS) is 26.0. The molecule has 0 bridgehead atoms. The van der Waals surface area contributed by atoms with Gasteiger partial charge in [0.25, 0.3) is 5.91 Å². The quantitative estimate of drug-likeness (QED) is 0.796. The summed E-state index contributed by atoms with van der Waals surface area (Å²) in [6, 6.07) is 1.50. The zero-order chi connectivity index (χ0) is 15.5. The van der Waals surface area contributed by atoms with Gasteiger partial charge in [0.05, 0.1) is 5.92 Å². The van der Waals surface area contributed by atoms with E-state index < -0.39 is 11.9 Å². The van der Waals surface area contributed by atoms with Crippen molar-refractivity contribution in [3.63, 3.8) is 0 Å². The van der Waals surface area contributed by atoms with Gasteiger partial charge in [-0.2, -0.15) is 5.10 Å². The van der Waals surface area contributed by atoms with Crippen molar-refractivity contribution in [3.8, 4) is 0 Å². The standard InChI is InChI=1S/C16H23N3O3/c20-15(14-9-13(18-19-14)10-7-8-10)17-12-6-4-2-1-3-5-11(12)16(21)22/h9-12H,1-8H2,(H,17,20)(H,18,19)(H,21,22). The molecule has 2 aliphatic carbocycles. The van der Waals surface area contributed by atoms with E-state index in [2.05, 4.69) is 15.5 Å². The first-order valence-corrected chi connectivity index (χ1v) is 8.24. The highest BCUT2D eigenvalue weighted by molar-refractivity contribution is 5.93. The van der Waals surface area contributed by atoms with E-state index in [0.29, 0.717) is 18.0 Å². The minimum Gasteiger partial charge on any atom is -0.481 e. The number of aromatic amines is 1. The van der Waals surface area contributed by atoms with Gasteiger partial charge in [0.1, 0.15) is 5.69 Å². The van der Waals surface area contributed by atoms with Gasteiger partial charge in [0.15, 0.2) is 0 Å². The lowest BCUT2D eigenvalue weighted by atomic mass is 9.86. The van der Waals surface area contributed by atoms with E-state index in [1.54, 1.807) is 6.07 Å². The number of aliphatic carboxylic acids is 1. The molecule has 2 fully saturated rings. The Bertz CT molecular complexity index is 551. The number of carboxylic acids is 1. The first kappa shape index (κ1) is 15.1. The average molecular weight is 305 g/mol. The summed E-state index contributed by atoms with van der Waals surface area (Å²) >= 11 is 0. The number of rotatable bonds is 4. The molecule has 2 saturated carbocycles. The third kappa shape index (κ3) is 3.48. The van der Waals surface area contributed by atoms with Gasteiger partial charge in [0.2, 0.25) is 0 Å². The second kappa shape index (κ2) is 6.50. The Hall–Kier alpha value is -1.85. The van der Waals surface area contributed by atoms with Gasteiger partial charge in [-0.25, -0.2) is 0 Å². The van der Waals surface area contributed by atoms with Crippen LogP contribution in [0.25, 0.3) is 0 Å². The van der Waals surface area contributed by atoms with E-state index >= 15 is 0 Å². The van der Waals surface area contributed by atoms with Crippen LogP contribution in [0, 0.1) is 5.92 Å². The molecule has 1 heterocycles.